The Morgan fingerprint density at radius 1 is 0.929 bits per heavy atom. The van der Waals surface area contributed by atoms with Gasteiger partial charge in [-0.15, -0.1) is 0 Å². The zero-order chi connectivity index (χ0) is 20.3. The molecule has 9 heteroatoms. The van der Waals surface area contributed by atoms with Crippen molar-refractivity contribution in [3.63, 3.8) is 0 Å². The zero-order valence-electron chi connectivity index (χ0n) is 14.5. The first-order valence-corrected chi connectivity index (χ1v) is 9.61. The van der Waals surface area contributed by atoms with Crippen molar-refractivity contribution in [3.05, 3.63) is 68.4 Å². The molecule has 1 fully saturated rings. The van der Waals surface area contributed by atoms with Crippen molar-refractivity contribution in [2.24, 2.45) is 0 Å². The molecule has 1 aliphatic heterocycles. The highest BCUT2D eigenvalue weighted by molar-refractivity contribution is 6.35. The molecular formula is C19H15Cl4FO4. The second-order valence-corrected chi connectivity index (χ2v) is 7.66. The Morgan fingerprint density at radius 2 is 1.46 bits per heavy atom. The predicted molar refractivity (Wildman–Crippen MR) is 108 cm³/mol. The minimum Gasteiger partial charge on any atom is -0.491 e. The molecule has 3 unspecified atom stereocenters. The van der Waals surface area contributed by atoms with Gasteiger partial charge in [0.1, 0.15) is 24.2 Å². The molecule has 150 valence electrons. The van der Waals surface area contributed by atoms with Crippen LogP contribution < -0.4 is 9.47 Å². The number of methoxy groups -OCH3 is 1. The second-order valence-electron chi connectivity index (χ2n) is 5.91. The Labute approximate surface area is 181 Å². The maximum absolute atomic E-state index is 13.6. The monoisotopic (exact) mass is 466 g/mol. The highest BCUT2D eigenvalue weighted by Crippen LogP contribution is 2.34. The maximum atomic E-state index is 13.6. The SMILES string of the molecule is COC1OC(COc2cc(Cl)cc(Cl)c2)C(Oc2cc(Cl)cc(Cl)c2)C1=CF. The summed E-state index contributed by atoms with van der Waals surface area (Å²) in [6, 6.07) is 9.50. The topological polar surface area (TPSA) is 36.9 Å². The van der Waals surface area contributed by atoms with Crippen LogP contribution in [0.2, 0.25) is 20.1 Å². The van der Waals surface area contributed by atoms with Gasteiger partial charge in [0.2, 0.25) is 0 Å². The second kappa shape index (κ2) is 9.53. The molecular weight excluding hydrogens is 453 g/mol. The lowest BCUT2D eigenvalue weighted by molar-refractivity contribution is -0.115. The van der Waals surface area contributed by atoms with Gasteiger partial charge in [0.05, 0.1) is 11.9 Å². The van der Waals surface area contributed by atoms with Crippen molar-refractivity contribution in [1.29, 1.82) is 0 Å². The van der Waals surface area contributed by atoms with Crippen molar-refractivity contribution in [1.82, 2.24) is 0 Å². The zero-order valence-corrected chi connectivity index (χ0v) is 17.5. The normalized spacial score (nSPS) is 23.2. The molecule has 4 nitrogen and oxygen atoms in total. The minimum atomic E-state index is -0.916. The van der Waals surface area contributed by atoms with E-state index < -0.39 is 18.5 Å². The first kappa shape index (κ1) is 21.5. The van der Waals surface area contributed by atoms with Gasteiger partial charge in [0.15, 0.2) is 12.4 Å². The summed E-state index contributed by atoms with van der Waals surface area (Å²) in [6.45, 7) is 0.0346. The van der Waals surface area contributed by atoms with E-state index in [2.05, 4.69) is 0 Å². The molecule has 0 bridgehead atoms. The first-order chi connectivity index (χ1) is 13.4. The summed E-state index contributed by atoms with van der Waals surface area (Å²) in [4.78, 5) is 0. The van der Waals surface area contributed by atoms with Crippen LogP contribution in [-0.4, -0.2) is 32.2 Å². The third-order valence-corrected chi connectivity index (χ3v) is 4.80. The molecule has 1 saturated heterocycles. The third-order valence-electron chi connectivity index (χ3n) is 3.93. The maximum Gasteiger partial charge on any atom is 0.186 e. The molecule has 28 heavy (non-hydrogen) atoms. The van der Waals surface area contributed by atoms with E-state index in [-0.39, 0.29) is 12.2 Å². The van der Waals surface area contributed by atoms with Gasteiger partial charge in [-0.25, -0.2) is 4.39 Å². The lowest BCUT2D eigenvalue weighted by Crippen LogP contribution is -2.33. The van der Waals surface area contributed by atoms with Gasteiger partial charge in [-0.05, 0) is 36.4 Å². The van der Waals surface area contributed by atoms with Crippen LogP contribution in [0, 0.1) is 0 Å². The third kappa shape index (κ3) is 5.23. The van der Waals surface area contributed by atoms with Crippen LogP contribution in [0.5, 0.6) is 11.5 Å². The molecule has 0 aliphatic carbocycles. The Balaban J connectivity index is 1.80. The molecule has 1 aliphatic rings. The largest absolute Gasteiger partial charge is 0.491 e. The van der Waals surface area contributed by atoms with E-state index in [1.807, 2.05) is 0 Å². The van der Waals surface area contributed by atoms with E-state index in [1.165, 1.54) is 7.11 Å². The fraction of sp³-hybridized carbons (Fsp3) is 0.263. The van der Waals surface area contributed by atoms with Crippen LogP contribution in [0.25, 0.3) is 0 Å². The van der Waals surface area contributed by atoms with Gasteiger partial charge in [-0.2, -0.15) is 0 Å². The summed E-state index contributed by atoms with van der Waals surface area (Å²) in [5.74, 6) is 0.801. The summed E-state index contributed by atoms with van der Waals surface area (Å²) >= 11 is 24.0. The number of halogens is 5. The molecule has 3 rings (SSSR count). The number of rotatable bonds is 6. The van der Waals surface area contributed by atoms with Crippen LogP contribution >= 0.6 is 46.4 Å². The van der Waals surface area contributed by atoms with E-state index in [1.54, 1.807) is 36.4 Å². The molecule has 0 spiro atoms. The fourth-order valence-corrected chi connectivity index (χ4v) is 3.78. The van der Waals surface area contributed by atoms with Gasteiger partial charge < -0.3 is 18.9 Å². The van der Waals surface area contributed by atoms with E-state index in [0.717, 1.165) is 0 Å². The van der Waals surface area contributed by atoms with Gasteiger partial charge in [0.25, 0.3) is 0 Å². The van der Waals surface area contributed by atoms with E-state index >= 15 is 0 Å². The predicted octanol–water partition coefficient (Wildman–Crippen LogP) is 6.35. The smallest absolute Gasteiger partial charge is 0.186 e. The van der Waals surface area contributed by atoms with Crippen LogP contribution in [0.3, 0.4) is 0 Å². The lowest BCUT2D eigenvalue weighted by Gasteiger charge is -2.21. The van der Waals surface area contributed by atoms with Crippen LogP contribution in [0.15, 0.2) is 48.3 Å². The lowest BCUT2D eigenvalue weighted by atomic mass is 10.1. The summed E-state index contributed by atoms with van der Waals surface area (Å²) in [5.41, 5.74) is 0.177. The quantitative estimate of drug-likeness (QED) is 0.495. The van der Waals surface area contributed by atoms with Crippen molar-refractivity contribution < 1.29 is 23.3 Å². The van der Waals surface area contributed by atoms with Crippen molar-refractivity contribution in [2.75, 3.05) is 13.7 Å². The molecule has 0 radical (unpaired) electrons. The molecule has 0 amide bonds. The van der Waals surface area contributed by atoms with Crippen molar-refractivity contribution >= 4 is 46.4 Å². The first-order valence-electron chi connectivity index (χ1n) is 8.09. The fourth-order valence-electron chi connectivity index (χ4n) is 2.77. The average molecular weight is 468 g/mol. The van der Waals surface area contributed by atoms with Crippen LogP contribution in [0.1, 0.15) is 0 Å². The highest BCUT2D eigenvalue weighted by Gasteiger charge is 2.43. The van der Waals surface area contributed by atoms with Crippen molar-refractivity contribution in [2.45, 2.75) is 18.5 Å². The summed E-state index contributed by atoms with van der Waals surface area (Å²) in [5, 5.41) is 1.62. The van der Waals surface area contributed by atoms with Gasteiger partial charge >= 0.3 is 0 Å². The Kier molecular flexibility index (Phi) is 7.31. The minimum absolute atomic E-state index is 0.0346. The van der Waals surface area contributed by atoms with Gasteiger partial charge in [-0.1, -0.05) is 46.4 Å². The summed E-state index contributed by atoms with van der Waals surface area (Å²) < 4.78 is 36.1. The number of ether oxygens (including phenoxy) is 4. The number of hydrogen-bond acceptors (Lipinski definition) is 4. The standard InChI is InChI=1S/C19H15Cl4FO4/c1-25-19-16(8-24)18(27-15-6-12(22)3-13(23)7-15)17(28-19)9-26-14-4-10(20)2-11(21)5-14/h2-8,17-19H,9H2,1H3. The summed E-state index contributed by atoms with van der Waals surface area (Å²) in [6.07, 6.45) is -2.01. The molecule has 2 aromatic carbocycles. The molecule has 1 heterocycles. The molecule has 0 N–H and O–H groups in total. The molecule has 0 aromatic heterocycles. The number of hydrogen-bond donors (Lipinski definition) is 0. The molecule has 0 saturated carbocycles. The Morgan fingerprint density at radius 3 is 1.96 bits per heavy atom. The van der Waals surface area contributed by atoms with Gasteiger partial charge in [0, 0.05) is 27.2 Å². The van der Waals surface area contributed by atoms with E-state index in [9.17, 15) is 4.39 Å². The van der Waals surface area contributed by atoms with Crippen LogP contribution in [0.4, 0.5) is 4.39 Å². The molecule has 3 atom stereocenters. The Bertz CT molecular complexity index is 837. The van der Waals surface area contributed by atoms with Crippen molar-refractivity contribution in [3.8, 4) is 11.5 Å². The van der Waals surface area contributed by atoms with E-state index in [4.69, 9.17) is 65.4 Å². The highest BCUT2D eigenvalue weighted by atomic mass is 35.5. The summed E-state index contributed by atoms with van der Waals surface area (Å²) in [7, 11) is 1.40. The average Bonchev–Trinajstić information content (AvgIpc) is 2.95. The van der Waals surface area contributed by atoms with Crippen LogP contribution in [-0.2, 0) is 9.47 Å². The van der Waals surface area contributed by atoms with E-state index in [0.29, 0.717) is 37.9 Å². The van der Waals surface area contributed by atoms with Gasteiger partial charge in [-0.3, -0.25) is 0 Å². The number of benzene rings is 2. The molecule has 2 aromatic rings. The Hall–Kier alpha value is -1.21.